The fourth-order valence-corrected chi connectivity index (χ4v) is 2.81. The molecule has 3 heteroatoms. The summed E-state index contributed by atoms with van der Waals surface area (Å²) >= 11 is 0. The molecule has 15 heavy (non-hydrogen) atoms. The minimum absolute atomic E-state index is 0.651. The fraction of sp³-hybridized carbons (Fsp3) is 0.750. The van der Waals surface area contributed by atoms with Crippen LogP contribution < -0.4 is 5.73 Å². The van der Waals surface area contributed by atoms with Crippen LogP contribution in [-0.4, -0.2) is 9.78 Å². The molecule has 82 valence electrons. The number of nitrogens with zero attached hydrogens (tertiary/aromatic N) is 2. The Morgan fingerprint density at radius 2 is 2.00 bits per heavy atom. The second-order valence-corrected chi connectivity index (χ2v) is 4.92. The van der Waals surface area contributed by atoms with Crippen molar-refractivity contribution in [1.29, 1.82) is 0 Å². The highest BCUT2D eigenvalue weighted by molar-refractivity contribution is 5.26. The largest absolute Gasteiger partial charge is 0.326 e. The molecule has 2 aliphatic carbocycles. The Kier molecular flexibility index (Phi) is 2.28. The third-order valence-corrected chi connectivity index (χ3v) is 3.77. The quantitative estimate of drug-likeness (QED) is 0.823. The van der Waals surface area contributed by atoms with Gasteiger partial charge in [-0.25, -0.2) is 0 Å². The van der Waals surface area contributed by atoms with E-state index in [9.17, 15) is 0 Å². The maximum Gasteiger partial charge on any atom is 0.0537 e. The highest BCUT2D eigenvalue weighted by Gasteiger charge is 2.32. The standard InChI is InChI=1S/C12H19N3/c13-7-10-8-14-15(11-3-1-2-4-11)12(10)9-5-6-9/h8-9,11H,1-7,13H2. The van der Waals surface area contributed by atoms with Crippen molar-refractivity contribution < 1.29 is 0 Å². The molecule has 2 N–H and O–H groups in total. The highest BCUT2D eigenvalue weighted by atomic mass is 15.3. The van der Waals surface area contributed by atoms with Gasteiger partial charge in [0.1, 0.15) is 0 Å². The van der Waals surface area contributed by atoms with Gasteiger partial charge in [0.25, 0.3) is 0 Å². The predicted molar refractivity (Wildman–Crippen MR) is 59.6 cm³/mol. The van der Waals surface area contributed by atoms with Gasteiger partial charge in [0.05, 0.1) is 12.2 Å². The Morgan fingerprint density at radius 3 is 2.60 bits per heavy atom. The molecule has 1 aromatic rings. The molecule has 0 radical (unpaired) electrons. The van der Waals surface area contributed by atoms with E-state index in [0.29, 0.717) is 12.6 Å². The summed E-state index contributed by atoms with van der Waals surface area (Å²) in [7, 11) is 0. The first-order valence-corrected chi connectivity index (χ1v) is 6.16. The topological polar surface area (TPSA) is 43.8 Å². The predicted octanol–water partition coefficient (Wildman–Crippen LogP) is 2.33. The summed E-state index contributed by atoms with van der Waals surface area (Å²) in [6.07, 6.45) is 10.0. The van der Waals surface area contributed by atoms with Crippen LogP contribution in [0.5, 0.6) is 0 Å². The second-order valence-electron chi connectivity index (χ2n) is 4.92. The summed E-state index contributed by atoms with van der Waals surface area (Å²) in [5.41, 5.74) is 8.52. The van der Waals surface area contributed by atoms with E-state index < -0.39 is 0 Å². The van der Waals surface area contributed by atoms with Crippen LogP contribution in [0.15, 0.2) is 6.20 Å². The van der Waals surface area contributed by atoms with Gasteiger partial charge >= 0.3 is 0 Å². The first-order valence-electron chi connectivity index (χ1n) is 6.16. The van der Waals surface area contributed by atoms with Gasteiger partial charge in [0, 0.05) is 23.7 Å². The molecule has 1 aromatic heterocycles. The van der Waals surface area contributed by atoms with Crippen LogP contribution in [0.25, 0.3) is 0 Å². The van der Waals surface area contributed by atoms with Crippen molar-refractivity contribution in [2.24, 2.45) is 5.73 Å². The Morgan fingerprint density at radius 1 is 1.27 bits per heavy atom. The molecular weight excluding hydrogens is 186 g/mol. The van der Waals surface area contributed by atoms with E-state index >= 15 is 0 Å². The van der Waals surface area contributed by atoms with E-state index in [4.69, 9.17) is 5.73 Å². The van der Waals surface area contributed by atoms with Crippen LogP contribution in [-0.2, 0) is 6.54 Å². The zero-order valence-corrected chi connectivity index (χ0v) is 9.15. The molecule has 2 aliphatic rings. The lowest BCUT2D eigenvalue weighted by Crippen LogP contribution is -2.11. The Hall–Kier alpha value is -0.830. The first kappa shape index (κ1) is 9.40. The summed E-state index contributed by atoms with van der Waals surface area (Å²) < 4.78 is 2.30. The monoisotopic (exact) mass is 205 g/mol. The third kappa shape index (κ3) is 1.59. The van der Waals surface area contributed by atoms with Crippen molar-refractivity contribution >= 4 is 0 Å². The van der Waals surface area contributed by atoms with E-state index in [-0.39, 0.29) is 0 Å². The van der Waals surface area contributed by atoms with Crippen LogP contribution in [0, 0.1) is 0 Å². The lowest BCUT2D eigenvalue weighted by atomic mass is 10.1. The van der Waals surface area contributed by atoms with Crippen LogP contribution in [0.3, 0.4) is 0 Å². The van der Waals surface area contributed by atoms with Crippen LogP contribution >= 0.6 is 0 Å². The molecule has 0 saturated heterocycles. The zero-order chi connectivity index (χ0) is 10.3. The van der Waals surface area contributed by atoms with E-state index in [1.165, 1.54) is 49.8 Å². The van der Waals surface area contributed by atoms with Gasteiger partial charge in [0.15, 0.2) is 0 Å². The molecular formula is C12H19N3. The third-order valence-electron chi connectivity index (χ3n) is 3.77. The summed E-state index contributed by atoms with van der Waals surface area (Å²) in [5, 5.41) is 4.57. The van der Waals surface area contributed by atoms with E-state index in [0.717, 1.165) is 5.92 Å². The molecule has 0 atom stereocenters. The minimum Gasteiger partial charge on any atom is -0.326 e. The summed E-state index contributed by atoms with van der Waals surface area (Å²) in [6, 6.07) is 0.667. The molecule has 0 amide bonds. The maximum atomic E-state index is 5.77. The summed E-state index contributed by atoms with van der Waals surface area (Å²) in [5.74, 6) is 0.770. The van der Waals surface area contributed by atoms with Crippen LogP contribution in [0.2, 0.25) is 0 Å². The van der Waals surface area contributed by atoms with Gasteiger partial charge in [-0.15, -0.1) is 0 Å². The van der Waals surface area contributed by atoms with E-state index in [2.05, 4.69) is 9.78 Å². The Labute approximate surface area is 90.7 Å². The fourth-order valence-electron chi connectivity index (χ4n) is 2.81. The van der Waals surface area contributed by atoms with E-state index in [1.54, 1.807) is 0 Å². The van der Waals surface area contributed by atoms with E-state index in [1.807, 2.05) is 6.20 Å². The zero-order valence-electron chi connectivity index (χ0n) is 9.15. The number of hydrogen-bond donors (Lipinski definition) is 1. The molecule has 3 rings (SSSR count). The Bertz CT molecular complexity index is 346. The molecule has 0 spiro atoms. The lowest BCUT2D eigenvalue weighted by Gasteiger charge is -2.14. The van der Waals surface area contributed by atoms with Crippen molar-refractivity contribution in [2.45, 2.75) is 57.0 Å². The summed E-state index contributed by atoms with van der Waals surface area (Å²) in [6.45, 7) is 0.651. The van der Waals surface area contributed by atoms with Gasteiger partial charge in [0.2, 0.25) is 0 Å². The van der Waals surface area contributed by atoms with Crippen LogP contribution in [0.4, 0.5) is 0 Å². The van der Waals surface area contributed by atoms with Crippen molar-refractivity contribution in [3.05, 3.63) is 17.5 Å². The lowest BCUT2D eigenvalue weighted by molar-refractivity contribution is 0.449. The molecule has 0 aromatic carbocycles. The number of rotatable bonds is 3. The molecule has 0 aliphatic heterocycles. The summed E-state index contributed by atoms with van der Waals surface area (Å²) in [4.78, 5) is 0. The second kappa shape index (κ2) is 3.63. The molecule has 3 nitrogen and oxygen atoms in total. The van der Waals surface area contributed by atoms with Gasteiger partial charge in [-0.1, -0.05) is 12.8 Å². The van der Waals surface area contributed by atoms with Crippen molar-refractivity contribution in [2.75, 3.05) is 0 Å². The molecule has 0 bridgehead atoms. The van der Waals surface area contributed by atoms with Crippen LogP contribution in [0.1, 0.15) is 61.7 Å². The highest BCUT2D eigenvalue weighted by Crippen LogP contribution is 2.44. The van der Waals surface area contributed by atoms with Gasteiger partial charge < -0.3 is 5.73 Å². The number of aromatic nitrogens is 2. The smallest absolute Gasteiger partial charge is 0.0537 e. The average Bonchev–Trinajstić information content (AvgIpc) is 2.83. The van der Waals surface area contributed by atoms with Gasteiger partial charge in [-0.2, -0.15) is 5.10 Å². The number of nitrogens with two attached hydrogens (primary N) is 1. The Balaban J connectivity index is 1.94. The molecule has 0 unspecified atom stereocenters. The SMILES string of the molecule is NCc1cnn(C2CCCC2)c1C1CC1. The normalized spacial score (nSPS) is 22.5. The molecule has 2 fully saturated rings. The first-order chi connectivity index (χ1) is 7.40. The minimum atomic E-state index is 0.651. The van der Waals surface area contributed by atoms with Crippen molar-refractivity contribution in [3.8, 4) is 0 Å². The van der Waals surface area contributed by atoms with Gasteiger partial charge in [-0.3, -0.25) is 4.68 Å². The number of hydrogen-bond acceptors (Lipinski definition) is 2. The molecule has 1 heterocycles. The molecule has 2 saturated carbocycles. The van der Waals surface area contributed by atoms with Crippen molar-refractivity contribution in [1.82, 2.24) is 9.78 Å². The average molecular weight is 205 g/mol. The van der Waals surface area contributed by atoms with Gasteiger partial charge in [-0.05, 0) is 25.7 Å². The maximum absolute atomic E-state index is 5.77. The van der Waals surface area contributed by atoms with Crippen molar-refractivity contribution in [3.63, 3.8) is 0 Å².